The largest absolute Gasteiger partial charge is 0.454 e. The summed E-state index contributed by atoms with van der Waals surface area (Å²) in [7, 11) is 0. The highest BCUT2D eigenvalue weighted by Gasteiger charge is 2.26. The van der Waals surface area contributed by atoms with E-state index < -0.39 is 30.8 Å². The minimum absolute atomic E-state index is 0.0750. The Kier molecular flexibility index (Phi) is 6.46. The number of esters is 1. The van der Waals surface area contributed by atoms with Gasteiger partial charge in [0.05, 0.1) is 12.2 Å². The molecule has 2 rings (SSSR count). The molecular weight excluding hydrogens is 331 g/mol. The molecule has 1 aliphatic heterocycles. The first-order valence-corrected chi connectivity index (χ1v) is 7.97. The number of benzene rings is 1. The summed E-state index contributed by atoms with van der Waals surface area (Å²) < 4.78 is 23.5. The van der Waals surface area contributed by atoms with Crippen LogP contribution in [-0.2, 0) is 19.1 Å². The van der Waals surface area contributed by atoms with Gasteiger partial charge in [0.15, 0.2) is 6.61 Å². The molecule has 1 saturated heterocycles. The summed E-state index contributed by atoms with van der Waals surface area (Å²) in [5.41, 5.74) is 0.0974. The van der Waals surface area contributed by atoms with Crippen LogP contribution in [0.5, 0.6) is 0 Å². The highest BCUT2D eigenvalue weighted by molar-refractivity contribution is 5.96. The van der Waals surface area contributed by atoms with Crippen molar-refractivity contribution in [3.63, 3.8) is 0 Å². The first-order valence-electron chi connectivity index (χ1n) is 7.97. The Bertz CT molecular complexity index is 642. The predicted molar refractivity (Wildman–Crippen MR) is 86.3 cm³/mol. The number of carbonyl (C=O) groups is 3. The third kappa shape index (κ3) is 5.82. The predicted octanol–water partition coefficient (Wildman–Crippen LogP) is 0.735. The van der Waals surface area contributed by atoms with Crippen LogP contribution in [-0.4, -0.2) is 61.1 Å². The Hall–Kier alpha value is -2.48. The molecule has 0 bridgehead atoms. The van der Waals surface area contributed by atoms with Crippen molar-refractivity contribution in [3.05, 3.63) is 35.6 Å². The van der Waals surface area contributed by atoms with Crippen molar-refractivity contribution in [1.82, 2.24) is 10.2 Å². The Balaban J connectivity index is 1.73. The normalized spacial score (nSPS) is 20.0. The lowest BCUT2D eigenvalue weighted by Gasteiger charge is -2.35. The summed E-state index contributed by atoms with van der Waals surface area (Å²) in [6.07, 6.45) is -0.150. The van der Waals surface area contributed by atoms with Gasteiger partial charge in [-0.25, -0.2) is 4.39 Å². The summed E-state index contributed by atoms with van der Waals surface area (Å²) in [6, 6.07) is 5.09. The number of rotatable bonds is 5. The number of amides is 2. The second-order valence-corrected chi connectivity index (χ2v) is 5.91. The molecule has 0 aliphatic carbocycles. The van der Waals surface area contributed by atoms with Crippen LogP contribution in [0.25, 0.3) is 0 Å². The molecule has 0 spiro atoms. The topological polar surface area (TPSA) is 84.9 Å². The van der Waals surface area contributed by atoms with Gasteiger partial charge < -0.3 is 19.7 Å². The van der Waals surface area contributed by atoms with Gasteiger partial charge in [-0.1, -0.05) is 6.07 Å². The smallest absolute Gasteiger partial charge is 0.325 e. The van der Waals surface area contributed by atoms with Gasteiger partial charge in [0.2, 0.25) is 0 Å². The molecule has 0 aromatic heterocycles. The number of hydrogen-bond donors (Lipinski definition) is 1. The fraction of sp³-hybridized carbons (Fsp3) is 0.471. The molecule has 136 valence electrons. The average Bonchev–Trinajstić information content (AvgIpc) is 2.56. The van der Waals surface area contributed by atoms with Crippen molar-refractivity contribution in [3.8, 4) is 0 Å². The minimum Gasteiger partial charge on any atom is -0.454 e. The van der Waals surface area contributed by atoms with E-state index in [-0.39, 0.29) is 23.7 Å². The SMILES string of the molecule is C[C@@H]1CN(C(=O)COC(=O)CNC(=O)c2cccc(F)c2)C[C@@H](C)O1. The molecule has 1 aromatic carbocycles. The van der Waals surface area contributed by atoms with Crippen molar-refractivity contribution in [1.29, 1.82) is 0 Å². The van der Waals surface area contributed by atoms with E-state index in [0.717, 1.165) is 6.07 Å². The van der Waals surface area contributed by atoms with E-state index >= 15 is 0 Å². The van der Waals surface area contributed by atoms with Gasteiger partial charge >= 0.3 is 5.97 Å². The molecule has 0 radical (unpaired) electrons. The minimum atomic E-state index is -0.743. The zero-order chi connectivity index (χ0) is 18.4. The second-order valence-electron chi connectivity index (χ2n) is 5.91. The van der Waals surface area contributed by atoms with Crippen LogP contribution in [0.3, 0.4) is 0 Å². The molecule has 0 saturated carbocycles. The van der Waals surface area contributed by atoms with Gasteiger partial charge in [0, 0.05) is 18.7 Å². The Labute approximate surface area is 145 Å². The van der Waals surface area contributed by atoms with E-state index in [9.17, 15) is 18.8 Å². The van der Waals surface area contributed by atoms with E-state index in [1.807, 2.05) is 13.8 Å². The molecule has 25 heavy (non-hydrogen) atoms. The number of nitrogens with one attached hydrogen (secondary N) is 1. The van der Waals surface area contributed by atoms with Crippen LogP contribution in [0.4, 0.5) is 4.39 Å². The van der Waals surface area contributed by atoms with Crippen LogP contribution in [0.15, 0.2) is 24.3 Å². The number of hydrogen-bond acceptors (Lipinski definition) is 5. The first-order chi connectivity index (χ1) is 11.8. The number of ether oxygens (including phenoxy) is 2. The summed E-state index contributed by atoms with van der Waals surface area (Å²) >= 11 is 0. The van der Waals surface area contributed by atoms with Crippen LogP contribution in [0, 0.1) is 5.82 Å². The molecule has 2 atom stereocenters. The zero-order valence-corrected chi connectivity index (χ0v) is 14.2. The summed E-state index contributed by atoms with van der Waals surface area (Å²) in [5, 5.41) is 2.32. The van der Waals surface area contributed by atoms with E-state index in [0.29, 0.717) is 13.1 Å². The quantitative estimate of drug-likeness (QED) is 0.790. The van der Waals surface area contributed by atoms with Crippen LogP contribution in [0.1, 0.15) is 24.2 Å². The van der Waals surface area contributed by atoms with Crippen LogP contribution < -0.4 is 5.32 Å². The zero-order valence-electron chi connectivity index (χ0n) is 14.2. The van der Waals surface area contributed by atoms with Gasteiger partial charge in [-0.2, -0.15) is 0 Å². The van der Waals surface area contributed by atoms with E-state index in [1.54, 1.807) is 4.90 Å². The van der Waals surface area contributed by atoms with Crippen molar-refractivity contribution in [2.24, 2.45) is 0 Å². The monoisotopic (exact) mass is 352 g/mol. The van der Waals surface area contributed by atoms with Crippen molar-refractivity contribution in [2.75, 3.05) is 26.2 Å². The van der Waals surface area contributed by atoms with E-state index in [2.05, 4.69) is 5.32 Å². The lowest BCUT2D eigenvalue weighted by atomic mass is 10.2. The number of halogens is 1. The Morgan fingerprint density at radius 2 is 1.96 bits per heavy atom. The van der Waals surface area contributed by atoms with Gasteiger partial charge in [-0.05, 0) is 32.0 Å². The van der Waals surface area contributed by atoms with Gasteiger partial charge in [-0.3, -0.25) is 14.4 Å². The average molecular weight is 352 g/mol. The lowest BCUT2D eigenvalue weighted by Crippen LogP contribution is -2.49. The maximum Gasteiger partial charge on any atom is 0.325 e. The maximum absolute atomic E-state index is 13.0. The Morgan fingerprint density at radius 1 is 1.28 bits per heavy atom. The molecule has 8 heteroatoms. The van der Waals surface area contributed by atoms with E-state index in [1.165, 1.54) is 18.2 Å². The maximum atomic E-state index is 13.0. The second kappa shape index (κ2) is 8.57. The number of morpholine rings is 1. The van der Waals surface area contributed by atoms with Crippen molar-refractivity contribution in [2.45, 2.75) is 26.1 Å². The van der Waals surface area contributed by atoms with Gasteiger partial charge in [0.1, 0.15) is 12.4 Å². The van der Waals surface area contributed by atoms with Crippen molar-refractivity contribution >= 4 is 17.8 Å². The van der Waals surface area contributed by atoms with E-state index in [4.69, 9.17) is 9.47 Å². The van der Waals surface area contributed by atoms with Crippen LogP contribution >= 0.6 is 0 Å². The third-order valence-electron chi connectivity index (χ3n) is 3.61. The summed E-state index contributed by atoms with van der Waals surface area (Å²) in [4.78, 5) is 37.1. The molecule has 1 aliphatic rings. The first kappa shape index (κ1) is 18.9. The van der Waals surface area contributed by atoms with Gasteiger partial charge in [0.25, 0.3) is 11.8 Å². The molecule has 7 nitrogen and oxygen atoms in total. The number of carbonyl (C=O) groups excluding carboxylic acids is 3. The van der Waals surface area contributed by atoms with Crippen LogP contribution in [0.2, 0.25) is 0 Å². The highest BCUT2D eigenvalue weighted by Crippen LogP contribution is 2.10. The highest BCUT2D eigenvalue weighted by atomic mass is 19.1. The van der Waals surface area contributed by atoms with Crippen molar-refractivity contribution < 1.29 is 28.2 Å². The van der Waals surface area contributed by atoms with Gasteiger partial charge in [-0.15, -0.1) is 0 Å². The lowest BCUT2D eigenvalue weighted by molar-refractivity contribution is -0.156. The molecule has 0 unspecified atom stereocenters. The molecule has 1 aromatic rings. The third-order valence-corrected chi connectivity index (χ3v) is 3.61. The molecule has 2 amide bonds. The number of nitrogens with zero attached hydrogens (tertiary/aromatic N) is 1. The standard InChI is InChI=1S/C17H21FN2O5/c1-11-8-20(9-12(2)25-11)15(21)10-24-16(22)7-19-17(23)13-4-3-5-14(18)6-13/h3-6,11-12H,7-10H2,1-2H3,(H,19,23)/t11-,12-/m1/s1. The molecule has 1 heterocycles. The molecule has 1 N–H and O–H groups in total. The summed E-state index contributed by atoms with van der Waals surface area (Å²) in [6.45, 7) is 3.81. The molecular formula is C17H21FN2O5. The fourth-order valence-corrected chi connectivity index (χ4v) is 2.55. The fourth-order valence-electron chi connectivity index (χ4n) is 2.55. The Morgan fingerprint density at radius 3 is 2.60 bits per heavy atom. The summed E-state index contributed by atoms with van der Waals surface area (Å²) in [5.74, 6) is -2.20. The molecule has 1 fully saturated rings.